The standard InChI is InChI=1S/C18H25NO2/c1-14(20)18(15-8-6-5-7-9-15)10-12-19(13-11-18)16(21)17(2,3)4/h5-9H,10-13H2,1-4H3. The van der Waals surface area contributed by atoms with Crippen molar-refractivity contribution in [2.24, 2.45) is 5.41 Å². The number of amides is 1. The fourth-order valence-electron chi connectivity index (χ4n) is 3.17. The van der Waals surface area contributed by atoms with Crippen molar-refractivity contribution in [3.63, 3.8) is 0 Å². The van der Waals surface area contributed by atoms with Gasteiger partial charge in [0, 0.05) is 18.5 Å². The zero-order chi connectivity index (χ0) is 15.7. The first-order valence-electron chi connectivity index (χ1n) is 7.63. The van der Waals surface area contributed by atoms with Crippen molar-refractivity contribution < 1.29 is 9.59 Å². The van der Waals surface area contributed by atoms with Crippen LogP contribution in [0.15, 0.2) is 30.3 Å². The molecule has 1 aliphatic heterocycles. The lowest BCUT2D eigenvalue weighted by Crippen LogP contribution is -2.50. The fraction of sp³-hybridized carbons (Fsp3) is 0.556. The van der Waals surface area contributed by atoms with Crippen LogP contribution in [0.5, 0.6) is 0 Å². The van der Waals surface area contributed by atoms with Crippen LogP contribution in [0.25, 0.3) is 0 Å². The molecule has 0 unspecified atom stereocenters. The quantitative estimate of drug-likeness (QED) is 0.837. The molecule has 1 amide bonds. The predicted molar refractivity (Wildman–Crippen MR) is 84.1 cm³/mol. The van der Waals surface area contributed by atoms with Crippen LogP contribution in [0, 0.1) is 5.41 Å². The molecule has 0 spiro atoms. The molecule has 3 heteroatoms. The Morgan fingerprint density at radius 3 is 2.00 bits per heavy atom. The van der Waals surface area contributed by atoms with Gasteiger partial charge >= 0.3 is 0 Å². The molecule has 0 aliphatic carbocycles. The first-order chi connectivity index (χ1) is 9.77. The van der Waals surface area contributed by atoms with Gasteiger partial charge in [-0.1, -0.05) is 51.1 Å². The van der Waals surface area contributed by atoms with Crippen molar-refractivity contribution >= 4 is 11.7 Å². The molecular weight excluding hydrogens is 262 g/mol. The third-order valence-electron chi connectivity index (χ3n) is 4.55. The summed E-state index contributed by atoms with van der Waals surface area (Å²) in [6.45, 7) is 8.82. The van der Waals surface area contributed by atoms with E-state index in [4.69, 9.17) is 0 Å². The summed E-state index contributed by atoms with van der Waals surface area (Å²) in [7, 11) is 0. The summed E-state index contributed by atoms with van der Waals surface area (Å²) in [5.41, 5.74) is 0.305. The molecule has 2 rings (SSSR count). The summed E-state index contributed by atoms with van der Waals surface area (Å²) in [4.78, 5) is 26.6. The van der Waals surface area contributed by atoms with Crippen LogP contribution in [0.3, 0.4) is 0 Å². The molecule has 3 nitrogen and oxygen atoms in total. The third-order valence-corrected chi connectivity index (χ3v) is 4.55. The minimum Gasteiger partial charge on any atom is -0.342 e. The molecule has 0 radical (unpaired) electrons. The van der Waals surface area contributed by atoms with Crippen molar-refractivity contribution in [1.82, 2.24) is 4.90 Å². The van der Waals surface area contributed by atoms with E-state index in [-0.39, 0.29) is 17.1 Å². The molecule has 1 heterocycles. The Morgan fingerprint density at radius 2 is 1.57 bits per heavy atom. The highest BCUT2D eigenvalue weighted by molar-refractivity contribution is 5.89. The highest BCUT2D eigenvalue weighted by atomic mass is 16.2. The zero-order valence-electron chi connectivity index (χ0n) is 13.5. The van der Waals surface area contributed by atoms with E-state index in [1.165, 1.54) is 0 Å². The van der Waals surface area contributed by atoms with Gasteiger partial charge in [-0.05, 0) is 25.3 Å². The van der Waals surface area contributed by atoms with Crippen LogP contribution in [-0.4, -0.2) is 29.7 Å². The molecule has 1 aromatic carbocycles. The van der Waals surface area contributed by atoms with E-state index in [1.54, 1.807) is 6.92 Å². The van der Waals surface area contributed by atoms with Crippen LogP contribution in [0.4, 0.5) is 0 Å². The Kier molecular flexibility index (Phi) is 4.22. The number of hydrogen-bond acceptors (Lipinski definition) is 2. The molecule has 114 valence electrons. The lowest BCUT2D eigenvalue weighted by atomic mass is 9.70. The number of rotatable bonds is 2. The summed E-state index contributed by atoms with van der Waals surface area (Å²) < 4.78 is 0. The molecule has 1 fully saturated rings. The van der Waals surface area contributed by atoms with Gasteiger partial charge in [0.15, 0.2) is 0 Å². The van der Waals surface area contributed by atoms with Gasteiger partial charge in [0.2, 0.25) is 5.91 Å². The summed E-state index contributed by atoms with van der Waals surface area (Å²) in [6, 6.07) is 9.99. The molecule has 0 saturated carbocycles. The molecular formula is C18H25NO2. The van der Waals surface area contributed by atoms with E-state index >= 15 is 0 Å². The summed E-state index contributed by atoms with van der Waals surface area (Å²) >= 11 is 0. The van der Waals surface area contributed by atoms with Crippen LogP contribution in [0.1, 0.15) is 46.1 Å². The monoisotopic (exact) mass is 287 g/mol. The maximum Gasteiger partial charge on any atom is 0.227 e. The second-order valence-corrected chi connectivity index (χ2v) is 7.05. The van der Waals surface area contributed by atoms with E-state index in [9.17, 15) is 9.59 Å². The number of hydrogen-bond donors (Lipinski definition) is 0. The SMILES string of the molecule is CC(=O)C1(c2ccccc2)CCN(C(=O)C(C)(C)C)CC1. The van der Waals surface area contributed by atoms with E-state index in [0.717, 1.165) is 5.56 Å². The average molecular weight is 287 g/mol. The van der Waals surface area contributed by atoms with Gasteiger partial charge in [-0.25, -0.2) is 0 Å². The fourth-order valence-corrected chi connectivity index (χ4v) is 3.17. The van der Waals surface area contributed by atoms with E-state index in [2.05, 4.69) is 0 Å². The maximum absolute atomic E-state index is 12.4. The number of carbonyl (C=O) groups is 2. The van der Waals surface area contributed by atoms with Gasteiger partial charge in [-0.15, -0.1) is 0 Å². The minimum atomic E-state index is -0.421. The highest BCUT2D eigenvalue weighted by Gasteiger charge is 2.42. The Hall–Kier alpha value is -1.64. The highest BCUT2D eigenvalue weighted by Crippen LogP contribution is 2.37. The molecule has 1 aliphatic rings. The molecule has 0 N–H and O–H groups in total. The van der Waals surface area contributed by atoms with Crippen molar-refractivity contribution in [2.45, 2.75) is 46.0 Å². The second kappa shape index (κ2) is 5.63. The number of Topliss-reactive ketones (excluding diaryl/α,β-unsaturated/α-hetero) is 1. The minimum absolute atomic E-state index is 0.174. The van der Waals surface area contributed by atoms with E-state index < -0.39 is 5.41 Å². The van der Waals surface area contributed by atoms with Crippen LogP contribution >= 0.6 is 0 Å². The lowest BCUT2D eigenvalue weighted by Gasteiger charge is -2.42. The van der Waals surface area contributed by atoms with Gasteiger partial charge in [0.05, 0.1) is 5.41 Å². The number of nitrogens with zero attached hydrogens (tertiary/aromatic N) is 1. The number of likely N-dealkylation sites (tertiary alicyclic amines) is 1. The number of ketones is 1. The first-order valence-corrected chi connectivity index (χ1v) is 7.63. The van der Waals surface area contributed by atoms with Crippen LogP contribution in [0.2, 0.25) is 0 Å². The van der Waals surface area contributed by atoms with Crippen molar-refractivity contribution in [1.29, 1.82) is 0 Å². The zero-order valence-corrected chi connectivity index (χ0v) is 13.5. The van der Waals surface area contributed by atoms with Crippen LogP contribution < -0.4 is 0 Å². The Morgan fingerprint density at radius 1 is 1.05 bits per heavy atom. The van der Waals surface area contributed by atoms with Crippen molar-refractivity contribution in [3.05, 3.63) is 35.9 Å². The molecule has 21 heavy (non-hydrogen) atoms. The summed E-state index contributed by atoms with van der Waals surface area (Å²) in [5.74, 6) is 0.379. The van der Waals surface area contributed by atoms with Gasteiger partial charge in [-0.3, -0.25) is 9.59 Å². The topological polar surface area (TPSA) is 37.4 Å². The molecule has 0 atom stereocenters. The first kappa shape index (κ1) is 15.7. The normalized spacial score (nSPS) is 18.4. The third kappa shape index (κ3) is 3.02. The molecule has 1 aromatic rings. The second-order valence-electron chi connectivity index (χ2n) is 7.05. The Labute approximate surface area is 127 Å². The van der Waals surface area contributed by atoms with Gasteiger partial charge < -0.3 is 4.90 Å². The number of benzene rings is 1. The molecule has 0 bridgehead atoms. The Balaban J connectivity index is 2.20. The number of piperidine rings is 1. The summed E-state index contributed by atoms with van der Waals surface area (Å²) in [6.07, 6.45) is 1.43. The van der Waals surface area contributed by atoms with Gasteiger partial charge in [0.1, 0.15) is 5.78 Å². The van der Waals surface area contributed by atoms with E-state index in [1.807, 2.05) is 56.0 Å². The lowest BCUT2D eigenvalue weighted by molar-refractivity contribution is -0.142. The summed E-state index contributed by atoms with van der Waals surface area (Å²) in [5, 5.41) is 0. The van der Waals surface area contributed by atoms with Crippen molar-refractivity contribution in [3.8, 4) is 0 Å². The van der Waals surface area contributed by atoms with Crippen LogP contribution in [-0.2, 0) is 15.0 Å². The maximum atomic E-state index is 12.4. The number of carbonyl (C=O) groups excluding carboxylic acids is 2. The predicted octanol–water partition coefficient (Wildman–Crippen LogP) is 3.18. The van der Waals surface area contributed by atoms with E-state index in [0.29, 0.717) is 25.9 Å². The molecule has 0 aromatic heterocycles. The smallest absolute Gasteiger partial charge is 0.227 e. The largest absolute Gasteiger partial charge is 0.342 e. The van der Waals surface area contributed by atoms with Gasteiger partial charge in [-0.2, -0.15) is 0 Å². The average Bonchev–Trinajstić information content (AvgIpc) is 2.46. The van der Waals surface area contributed by atoms with Gasteiger partial charge in [0.25, 0.3) is 0 Å². The Bertz CT molecular complexity index is 520. The molecule has 1 saturated heterocycles. The van der Waals surface area contributed by atoms with Crippen molar-refractivity contribution in [2.75, 3.05) is 13.1 Å².